The summed E-state index contributed by atoms with van der Waals surface area (Å²) in [6.45, 7) is 3.72. The molecule has 0 atom stereocenters. The lowest BCUT2D eigenvalue weighted by molar-refractivity contribution is 0.0682. The number of hydrogen-bond acceptors (Lipinski definition) is 4. The average molecular weight is 344 g/mol. The van der Waals surface area contributed by atoms with Crippen molar-refractivity contribution in [1.82, 2.24) is 0 Å². The van der Waals surface area contributed by atoms with E-state index in [0.717, 1.165) is 0 Å². The van der Waals surface area contributed by atoms with Crippen molar-refractivity contribution in [2.45, 2.75) is 0 Å². The van der Waals surface area contributed by atoms with E-state index in [1.54, 1.807) is 66.7 Å². The fourth-order valence-corrected chi connectivity index (χ4v) is 2.34. The number of hydrogen-bond donors (Lipinski definition) is 0. The van der Waals surface area contributed by atoms with Crippen molar-refractivity contribution in [2.24, 2.45) is 0 Å². The van der Waals surface area contributed by atoms with E-state index in [1.807, 2.05) is 12.1 Å². The number of carbonyl (C=O) groups is 2. The zero-order chi connectivity index (χ0) is 18.4. The Morgan fingerprint density at radius 2 is 1.23 bits per heavy atom. The molecular formula is C22H16O4. The van der Waals surface area contributed by atoms with Crippen LogP contribution in [0.1, 0.15) is 26.3 Å². The summed E-state index contributed by atoms with van der Waals surface area (Å²) in [5.74, 6) is -0.776. The summed E-state index contributed by atoms with van der Waals surface area (Å²) in [4.78, 5) is 24.7. The van der Waals surface area contributed by atoms with Crippen molar-refractivity contribution in [3.05, 3.63) is 102 Å². The summed E-state index contributed by atoms with van der Waals surface area (Å²) in [5, 5.41) is 0. The lowest BCUT2D eigenvalue weighted by Crippen LogP contribution is -2.13. The van der Waals surface area contributed by atoms with Gasteiger partial charge < -0.3 is 9.47 Å². The van der Waals surface area contributed by atoms with Crippen molar-refractivity contribution in [1.29, 1.82) is 0 Å². The molecule has 4 heteroatoms. The maximum absolute atomic E-state index is 12.4. The van der Waals surface area contributed by atoms with E-state index in [-0.39, 0.29) is 11.5 Å². The molecule has 0 N–H and O–H groups in total. The van der Waals surface area contributed by atoms with E-state index in [4.69, 9.17) is 9.47 Å². The second-order valence-electron chi connectivity index (χ2n) is 5.39. The zero-order valence-corrected chi connectivity index (χ0v) is 13.9. The van der Waals surface area contributed by atoms with Gasteiger partial charge in [0.25, 0.3) is 0 Å². The van der Waals surface area contributed by atoms with E-state index < -0.39 is 11.9 Å². The molecule has 0 fully saturated rings. The lowest BCUT2D eigenvalue weighted by Gasteiger charge is -2.13. The molecule has 0 spiro atoms. The predicted octanol–water partition coefficient (Wildman–Crippen LogP) is 4.77. The van der Waals surface area contributed by atoms with Crippen molar-refractivity contribution in [3.63, 3.8) is 0 Å². The van der Waals surface area contributed by atoms with Crippen molar-refractivity contribution in [2.75, 3.05) is 0 Å². The van der Waals surface area contributed by atoms with Crippen LogP contribution in [-0.2, 0) is 0 Å². The molecule has 0 aliphatic heterocycles. The first-order chi connectivity index (χ1) is 12.7. The molecule has 0 aliphatic rings. The van der Waals surface area contributed by atoms with Gasteiger partial charge in [-0.1, -0.05) is 61.2 Å². The number of esters is 2. The third kappa shape index (κ3) is 3.87. The molecule has 0 radical (unpaired) electrons. The van der Waals surface area contributed by atoms with Gasteiger partial charge in [-0.05, 0) is 30.3 Å². The summed E-state index contributed by atoms with van der Waals surface area (Å²) in [6.07, 6.45) is 1.54. The minimum absolute atomic E-state index is 0.153. The van der Waals surface area contributed by atoms with E-state index in [1.165, 1.54) is 6.08 Å². The first-order valence-corrected chi connectivity index (χ1v) is 7.99. The standard InChI is InChI=1S/C22H16O4/c1-2-16-14-9-15-19(25-21(23)17-10-5-3-6-11-17)20(16)26-22(24)18-12-7-4-8-13-18/h2-15H,1H2. The molecule has 0 bridgehead atoms. The van der Waals surface area contributed by atoms with Crippen molar-refractivity contribution >= 4 is 18.0 Å². The first-order valence-electron chi connectivity index (χ1n) is 7.99. The van der Waals surface area contributed by atoms with Crippen LogP contribution >= 0.6 is 0 Å². The minimum Gasteiger partial charge on any atom is -0.419 e. The molecule has 0 aliphatic carbocycles. The molecule has 128 valence electrons. The molecule has 26 heavy (non-hydrogen) atoms. The fraction of sp³-hybridized carbons (Fsp3) is 0. The van der Waals surface area contributed by atoms with Crippen LogP contribution in [0.2, 0.25) is 0 Å². The molecule has 0 unspecified atom stereocenters. The zero-order valence-electron chi connectivity index (χ0n) is 13.9. The summed E-state index contributed by atoms with van der Waals surface area (Å²) >= 11 is 0. The summed E-state index contributed by atoms with van der Waals surface area (Å²) < 4.78 is 10.9. The molecule has 3 aromatic rings. The van der Waals surface area contributed by atoms with Crippen LogP contribution in [-0.4, -0.2) is 11.9 Å². The molecule has 0 saturated heterocycles. The number of carbonyl (C=O) groups excluding carboxylic acids is 2. The first kappa shape index (κ1) is 17.2. The highest BCUT2D eigenvalue weighted by molar-refractivity contribution is 5.93. The number of benzene rings is 3. The Morgan fingerprint density at radius 3 is 1.77 bits per heavy atom. The fourth-order valence-electron chi connectivity index (χ4n) is 2.34. The van der Waals surface area contributed by atoms with Crippen molar-refractivity contribution < 1.29 is 19.1 Å². The predicted molar refractivity (Wildman–Crippen MR) is 99.3 cm³/mol. The molecule has 0 aromatic heterocycles. The lowest BCUT2D eigenvalue weighted by atomic mass is 10.1. The number of ether oxygens (including phenoxy) is 2. The summed E-state index contributed by atoms with van der Waals surface area (Å²) in [7, 11) is 0. The van der Waals surface area contributed by atoms with E-state index in [0.29, 0.717) is 16.7 Å². The molecular weight excluding hydrogens is 328 g/mol. The second-order valence-corrected chi connectivity index (χ2v) is 5.39. The number of para-hydroxylation sites is 1. The van der Waals surface area contributed by atoms with Gasteiger partial charge in [0.05, 0.1) is 11.1 Å². The van der Waals surface area contributed by atoms with Crippen LogP contribution in [0, 0.1) is 0 Å². The Balaban J connectivity index is 1.90. The van der Waals surface area contributed by atoms with Crippen LogP contribution in [0.4, 0.5) is 0 Å². The van der Waals surface area contributed by atoms with Gasteiger partial charge in [-0.3, -0.25) is 0 Å². The van der Waals surface area contributed by atoms with Crippen LogP contribution < -0.4 is 9.47 Å². The number of rotatable bonds is 5. The maximum Gasteiger partial charge on any atom is 0.343 e. The van der Waals surface area contributed by atoms with Crippen LogP contribution in [0.15, 0.2) is 85.4 Å². The van der Waals surface area contributed by atoms with Gasteiger partial charge in [0.2, 0.25) is 0 Å². The van der Waals surface area contributed by atoms with Gasteiger partial charge in [0, 0.05) is 5.56 Å². The second kappa shape index (κ2) is 7.94. The Labute approximate surface area is 151 Å². The van der Waals surface area contributed by atoms with Gasteiger partial charge in [0.1, 0.15) is 0 Å². The average Bonchev–Trinajstić information content (AvgIpc) is 2.70. The van der Waals surface area contributed by atoms with Gasteiger partial charge in [-0.15, -0.1) is 0 Å². The third-order valence-corrected chi connectivity index (χ3v) is 3.65. The largest absolute Gasteiger partial charge is 0.419 e. The Hall–Kier alpha value is -3.66. The highest BCUT2D eigenvalue weighted by Crippen LogP contribution is 2.33. The smallest absolute Gasteiger partial charge is 0.343 e. The quantitative estimate of drug-likeness (QED) is 0.494. The SMILES string of the molecule is C=Cc1cccc(OC(=O)c2ccccc2)c1OC(=O)c1ccccc1. The molecule has 4 nitrogen and oxygen atoms in total. The monoisotopic (exact) mass is 344 g/mol. The van der Waals surface area contributed by atoms with Gasteiger partial charge in [-0.2, -0.15) is 0 Å². The summed E-state index contributed by atoms with van der Waals surface area (Å²) in [5.41, 5.74) is 1.34. The Morgan fingerprint density at radius 1 is 0.692 bits per heavy atom. The van der Waals surface area contributed by atoms with Crippen LogP contribution in [0.5, 0.6) is 11.5 Å². The highest BCUT2D eigenvalue weighted by atomic mass is 16.6. The molecule has 3 aromatic carbocycles. The minimum atomic E-state index is -0.545. The van der Waals surface area contributed by atoms with Gasteiger partial charge >= 0.3 is 11.9 Å². The van der Waals surface area contributed by atoms with E-state index >= 15 is 0 Å². The third-order valence-electron chi connectivity index (χ3n) is 3.65. The molecule has 0 saturated carbocycles. The van der Waals surface area contributed by atoms with Gasteiger partial charge in [-0.25, -0.2) is 9.59 Å². The molecule has 0 heterocycles. The highest BCUT2D eigenvalue weighted by Gasteiger charge is 2.18. The normalized spacial score (nSPS) is 10.0. The van der Waals surface area contributed by atoms with Crippen LogP contribution in [0.3, 0.4) is 0 Å². The van der Waals surface area contributed by atoms with Crippen molar-refractivity contribution in [3.8, 4) is 11.5 Å². The maximum atomic E-state index is 12.4. The molecule has 3 rings (SSSR count). The van der Waals surface area contributed by atoms with Crippen LogP contribution in [0.25, 0.3) is 6.08 Å². The van der Waals surface area contributed by atoms with E-state index in [2.05, 4.69) is 6.58 Å². The summed E-state index contributed by atoms with van der Waals surface area (Å²) in [6, 6.07) is 22.2. The Bertz CT molecular complexity index is 931. The molecule has 0 amide bonds. The Kier molecular flexibility index (Phi) is 5.25. The topological polar surface area (TPSA) is 52.6 Å². The van der Waals surface area contributed by atoms with Gasteiger partial charge in [0.15, 0.2) is 11.5 Å². The van der Waals surface area contributed by atoms with E-state index in [9.17, 15) is 9.59 Å².